The van der Waals surface area contributed by atoms with Crippen LogP contribution in [0.2, 0.25) is 0 Å². The molecule has 4 bridgehead atoms. The van der Waals surface area contributed by atoms with Gasteiger partial charge in [0.05, 0.1) is 18.6 Å². The van der Waals surface area contributed by atoms with Crippen molar-refractivity contribution in [3.63, 3.8) is 0 Å². The van der Waals surface area contributed by atoms with Crippen LogP contribution in [0, 0.1) is 22.7 Å². The van der Waals surface area contributed by atoms with E-state index in [4.69, 9.17) is 4.74 Å². The Kier molecular flexibility index (Phi) is 6.36. The first kappa shape index (κ1) is 24.0. The first-order valence-corrected chi connectivity index (χ1v) is 12.9. The Hall–Kier alpha value is -1.76. The first-order chi connectivity index (χ1) is 16.1. The molecule has 4 aliphatic carbocycles. The zero-order valence-corrected chi connectivity index (χ0v) is 20.2. The molecule has 1 aliphatic heterocycles. The van der Waals surface area contributed by atoms with Crippen molar-refractivity contribution in [2.45, 2.75) is 64.5 Å². The molecule has 5 fully saturated rings. The minimum absolute atomic E-state index is 0.0279. The van der Waals surface area contributed by atoms with Crippen LogP contribution in [0.3, 0.4) is 0 Å². The molecule has 2 atom stereocenters. The SMILES string of the molecule is CC12CC3CC(C1)CC(CC(=O)OCCCN1CCN(c4cccc(C(F)(F)F)c4)CC1)(C3)C2. The van der Waals surface area contributed by atoms with Crippen LogP contribution < -0.4 is 4.90 Å². The number of piperazine rings is 1. The van der Waals surface area contributed by atoms with Gasteiger partial charge in [-0.05, 0) is 85.8 Å². The molecule has 4 nitrogen and oxygen atoms in total. The van der Waals surface area contributed by atoms with Crippen LogP contribution in [0.15, 0.2) is 24.3 Å². The molecule has 5 aliphatic rings. The number of carbonyl (C=O) groups excluding carboxylic acids is 1. The predicted molar refractivity (Wildman–Crippen MR) is 126 cm³/mol. The van der Waals surface area contributed by atoms with Gasteiger partial charge in [-0.3, -0.25) is 9.69 Å². The Morgan fingerprint density at radius 3 is 2.44 bits per heavy atom. The molecule has 6 rings (SSSR count). The normalized spacial score (nSPS) is 33.4. The van der Waals surface area contributed by atoms with Gasteiger partial charge >= 0.3 is 12.1 Å². The molecule has 2 unspecified atom stereocenters. The van der Waals surface area contributed by atoms with E-state index in [9.17, 15) is 18.0 Å². The summed E-state index contributed by atoms with van der Waals surface area (Å²) in [6, 6.07) is 5.57. The summed E-state index contributed by atoms with van der Waals surface area (Å²) >= 11 is 0. The number of rotatable bonds is 7. The van der Waals surface area contributed by atoms with Crippen LogP contribution in [0.4, 0.5) is 18.9 Å². The second-order valence-electron chi connectivity index (χ2n) is 11.9. The fourth-order valence-corrected chi connectivity index (χ4v) is 8.08. The fraction of sp³-hybridized carbons (Fsp3) is 0.741. The standard InChI is InChI=1S/C27H37F3N2O2/c1-25-14-20-12-21(15-25)17-26(16-20,19-25)18-24(33)34-11-3-6-31-7-9-32(10-8-31)23-5-2-4-22(13-23)27(28,29)30/h2,4-5,13,20-21H,3,6-12,14-19H2,1H3. The lowest BCUT2D eigenvalue weighted by atomic mass is 9.44. The van der Waals surface area contributed by atoms with E-state index in [0.717, 1.165) is 44.0 Å². The molecule has 0 N–H and O–H groups in total. The molecule has 0 amide bonds. The van der Waals surface area contributed by atoms with Gasteiger partial charge in [-0.2, -0.15) is 13.2 Å². The highest BCUT2D eigenvalue weighted by atomic mass is 19.4. The van der Waals surface area contributed by atoms with Crippen LogP contribution in [0.25, 0.3) is 0 Å². The van der Waals surface area contributed by atoms with Crippen molar-refractivity contribution in [1.29, 1.82) is 0 Å². The highest BCUT2D eigenvalue weighted by molar-refractivity contribution is 5.70. The van der Waals surface area contributed by atoms with Crippen molar-refractivity contribution in [2.75, 3.05) is 44.2 Å². The maximum atomic E-state index is 13.0. The summed E-state index contributed by atoms with van der Waals surface area (Å²) in [5.74, 6) is 1.60. The lowest BCUT2D eigenvalue weighted by Gasteiger charge is -2.61. The number of esters is 1. The Bertz CT molecular complexity index is 880. The van der Waals surface area contributed by atoms with E-state index in [0.29, 0.717) is 37.2 Å². The summed E-state index contributed by atoms with van der Waals surface area (Å²) < 4.78 is 44.6. The average Bonchev–Trinajstić information content (AvgIpc) is 2.74. The molecular weight excluding hydrogens is 441 g/mol. The third-order valence-electron chi connectivity index (χ3n) is 8.79. The van der Waals surface area contributed by atoms with Gasteiger partial charge in [0.2, 0.25) is 0 Å². The summed E-state index contributed by atoms with van der Waals surface area (Å²) in [4.78, 5) is 17.0. The number of nitrogens with zero attached hydrogens (tertiary/aromatic N) is 2. The van der Waals surface area contributed by atoms with Crippen LogP contribution >= 0.6 is 0 Å². The van der Waals surface area contributed by atoms with Crippen LogP contribution in [0.5, 0.6) is 0 Å². The average molecular weight is 479 g/mol. The van der Waals surface area contributed by atoms with Gasteiger partial charge in [0.25, 0.3) is 0 Å². The molecule has 4 saturated carbocycles. The summed E-state index contributed by atoms with van der Waals surface area (Å²) in [6.07, 6.45) is 4.75. The first-order valence-electron chi connectivity index (χ1n) is 12.9. The van der Waals surface area contributed by atoms with E-state index >= 15 is 0 Å². The molecule has 188 valence electrons. The third-order valence-corrected chi connectivity index (χ3v) is 8.79. The van der Waals surface area contributed by atoms with Gasteiger partial charge in [-0.15, -0.1) is 0 Å². The number of carbonyl (C=O) groups is 1. The van der Waals surface area contributed by atoms with Gasteiger partial charge in [-0.1, -0.05) is 13.0 Å². The molecular formula is C27H37F3N2O2. The molecule has 1 heterocycles. The Labute approximate surface area is 200 Å². The summed E-state index contributed by atoms with van der Waals surface area (Å²) in [5.41, 5.74) is 0.662. The maximum Gasteiger partial charge on any atom is 0.416 e. The molecule has 0 aromatic heterocycles. The van der Waals surface area contributed by atoms with Crippen LogP contribution in [-0.2, 0) is 15.7 Å². The van der Waals surface area contributed by atoms with Gasteiger partial charge in [0.15, 0.2) is 0 Å². The second kappa shape index (κ2) is 9.03. The number of halogens is 3. The quantitative estimate of drug-likeness (QED) is 0.369. The second-order valence-corrected chi connectivity index (χ2v) is 11.9. The number of ether oxygens (including phenoxy) is 1. The molecule has 7 heteroatoms. The summed E-state index contributed by atoms with van der Waals surface area (Å²) in [7, 11) is 0. The highest BCUT2D eigenvalue weighted by Gasteiger charge is 2.56. The van der Waals surface area contributed by atoms with Gasteiger partial charge in [-0.25, -0.2) is 0 Å². The van der Waals surface area contributed by atoms with Crippen molar-refractivity contribution in [3.8, 4) is 0 Å². The number of anilines is 1. The van der Waals surface area contributed by atoms with E-state index in [1.54, 1.807) is 6.07 Å². The molecule has 1 aromatic carbocycles. The third kappa shape index (κ3) is 5.24. The van der Waals surface area contributed by atoms with E-state index in [1.165, 1.54) is 50.7 Å². The number of alkyl halides is 3. The van der Waals surface area contributed by atoms with E-state index in [-0.39, 0.29) is 11.4 Å². The lowest BCUT2D eigenvalue weighted by Crippen LogP contribution is -2.51. The largest absolute Gasteiger partial charge is 0.466 e. The summed E-state index contributed by atoms with van der Waals surface area (Å²) in [6.45, 7) is 6.72. The maximum absolute atomic E-state index is 13.0. The van der Waals surface area contributed by atoms with Gasteiger partial charge in [0, 0.05) is 38.4 Å². The van der Waals surface area contributed by atoms with Crippen LogP contribution in [-0.4, -0.2) is 50.2 Å². The van der Waals surface area contributed by atoms with Gasteiger partial charge < -0.3 is 9.64 Å². The topological polar surface area (TPSA) is 32.8 Å². The number of benzene rings is 1. The number of hydrogen-bond acceptors (Lipinski definition) is 4. The van der Waals surface area contributed by atoms with E-state index in [2.05, 4.69) is 11.8 Å². The minimum Gasteiger partial charge on any atom is -0.466 e. The zero-order chi connectivity index (χ0) is 24.0. The van der Waals surface area contributed by atoms with Crippen molar-refractivity contribution in [3.05, 3.63) is 29.8 Å². The highest BCUT2D eigenvalue weighted by Crippen LogP contribution is 2.66. The van der Waals surface area contributed by atoms with Crippen molar-refractivity contribution < 1.29 is 22.7 Å². The van der Waals surface area contributed by atoms with Crippen molar-refractivity contribution in [2.24, 2.45) is 22.7 Å². The van der Waals surface area contributed by atoms with Gasteiger partial charge in [0.1, 0.15) is 0 Å². The monoisotopic (exact) mass is 478 g/mol. The predicted octanol–water partition coefficient (Wildman–Crippen LogP) is 5.76. The molecule has 1 aromatic rings. The lowest BCUT2D eigenvalue weighted by molar-refractivity contribution is -0.156. The summed E-state index contributed by atoms with van der Waals surface area (Å²) in [5, 5.41) is 0. The number of hydrogen-bond donors (Lipinski definition) is 0. The van der Waals surface area contributed by atoms with E-state index < -0.39 is 11.7 Å². The minimum atomic E-state index is -4.32. The fourth-order valence-electron chi connectivity index (χ4n) is 8.08. The zero-order valence-electron chi connectivity index (χ0n) is 20.2. The van der Waals surface area contributed by atoms with Crippen molar-refractivity contribution in [1.82, 2.24) is 4.90 Å². The molecule has 0 radical (unpaired) electrons. The Morgan fingerprint density at radius 2 is 1.79 bits per heavy atom. The molecule has 34 heavy (non-hydrogen) atoms. The Balaban J connectivity index is 1.02. The molecule has 0 spiro atoms. The van der Waals surface area contributed by atoms with E-state index in [1.807, 2.05) is 4.90 Å². The van der Waals surface area contributed by atoms with Crippen molar-refractivity contribution >= 4 is 11.7 Å². The molecule has 1 saturated heterocycles. The smallest absolute Gasteiger partial charge is 0.416 e. The Morgan fingerprint density at radius 1 is 1.09 bits per heavy atom. The van der Waals surface area contributed by atoms with Crippen LogP contribution in [0.1, 0.15) is 63.9 Å².